The van der Waals surface area contributed by atoms with Crippen LogP contribution >= 0.6 is 0 Å². The van der Waals surface area contributed by atoms with Crippen LogP contribution in [-0.4, -0.2) is 68.2 Å². The summed E-state index contributed by atoms with van der Waals surface area (Å²) in [5.41, 5.74) is 0.196. The molecule has 1 spiro atoms. The first kappa shape index (κ1) is 18.5. The molecular formula is C24H28N2O5. The summed E-state index contributed by atoms with van der Waals surface area (Å²) in [6.45, 7) is 3.05. The Kier molecular flexibility index (Phi) is 3.34. The van der Waals surface area contributed by atoms with Gasteiger partial charge in [0, 0.05) is 31.0 Å². The molecular weight excluding hydrogens is 396 g/mol. The fourth-order valence-electron chi connectivity index (χ4n) is 7.69. The molecule has 3 aliphatic heterocycles. The van der Waals surface area contributed by atoms with E-state index in [-0.39, 0.29) is 36.4 Å². The zero-order valence-corrected chi connectivity index (χ0v) is 17.7. The van der Waals surface area contributed by atoms with Crippen LogP contribution in [0.3, 0.4) is 0 Å². The highest BCUT2D eigenvalue weighted by molar-refractivity contribution is 6.02. The normalized spacial score (nSPS) is 44.6. The van der Waals surface area contributed by atoms with Crippen molar-refractivity contribution in [1.82, 2.24) is 9.80 Å². The Morgan fingerprint density at radius 3 is 2.58 bits per heavy atom. The Bertz CT molecular complexity index is 1020. The monoisotopic (exact) mass is 424 g/mol. The summed E-state index contributed by atoms with van der Waals surface area (Å²) in [5, 5.41) is 23.0. The summed E-state index contributed by atoms with van der Waals surface area (Å²) in [6, 6.07) is 3.52. The van der Waals surface area contributed by atoms with E-state index in [1.807, 2.05) is 13.0 Å². The van der Waals surface area contributed by atoms with Gasteiger partial charge < -0.3 is 14.9 Å². The van der Waals surface area contributed by atoms with Gasteiger partial charge in [0.2, 0.25) is 11.8 Å². The second-order valence-electron chi connectivity index (χ2n) is 10.7. The van der Waals surface area contributed by atoms with Crippen LogP contribution in [-0.2, 0) is 15.0 Å². The first-order chi connectivity index (χ1) is 14.9. The van der Waals surface area contributed by atoms with E-state index in [0.29, 0.717) is 24.6 Å². The van der Waals surface area contributed by atoms with E-state index in [9.17, 15) is 19.8 Å². The molecule has 2 N–H and O–H groups in total. The maximum atomic E-state index is 12.6. The Labute approximate surface area is 181 Å². The van der Waals surface area contributed by atoms with Crippen LogP contribution in [0.2, 0.25) is 0 Å². The van der Waals surface area contributed by atoms with E-state index in [0.717, 1.165) is 30.0 Å². The van der Waals surface area contributed by atoms with Crippen molar-refractivity contribution >= 4 is 11.8 Å². The number of amides is 2. The molecule has 0 radical (unpaired) electrons. The third-order valence-corrected chi connectivity index (χ3v) is 9.13. The third kappa shape index (κ3) is 2.07. The minimum Gasteiger partial charge on any atom is -0.504 e. The van der Waals surface area contributed by atoms with Gasteiger partial charge in [-0.2, -0.15) is 0 Å². The molecule has 7 nitrogen and oxygen atoms in total. The first-order valence-corrected chi connectivity index (χ1v) is 11.7. The average Bonchev–Trinajstić information content (AvgIpc) is 3.58. The number of imide groups is 1. The number of phenolic OH excluding ortho intramolecular Hbond substituents is 1. The number of hydrogen-bond donors (Lipinski definition) is 2. The highest BCUT2D eigenvalue weighted by atomic mass is 16.5. The Morgan fingerprint density at radius 1 is 1.13 bits per heavy atom. The zero-order chi connectivity index (χ0) is 21.3. The predicted molar refractivity (Wildman–Crippen MR) is 110 cm³/mol. The van der Waals surface area contributed by atoms with Gasteiger partial charge in [-0.25, -0.2) is 0 Å². The Morgan fingerprint density at radius 2 is 1.87 bits per heavy atom. The Hall–Kier alpha value is -2.12. The number of carbonyl (C=O) groups is 2. The minimum atomic E-state index is -0.983. The van der Waals surface area contributed by atoms with Crippen LogP contribution in [0.25, 0.3) is 0 Å². The molecule has 3 saturated carbocycles. The molecule has 7 atom stereocenters. The summed E-state index contributed by atoms with van der Waals surface area (Å²) in [6.07, 6.45) is 4.35. The number of likely N-dealkylation sites (tertiary alicyclic amines) is 2. The van der Waals surface area contributed by atoms with Gasteiger partial charge in [-0.05, 0) is 56.6 Å². The second-order valence-corrected chi connectivity index (χ2v) is 10.7. The molecule has 3 aliphatic carbocycles. The van der Waals surface area contributed by atoms with Crippen LogP contribution in [0.1, 0.15) is 56.1 Å². The molecule has 1 aromatic rings. The van der Waals surface area contributed by atoms with E-state index in [1.54, 1.807) is 6.07 Å². The van der Waals surface area contributed by atoms with E-state index in [2.05, 4.69) is 4.90 Å². The number of aliphatic hydroxyl groups is 1. The molecule has 2 unspecified atom stereocenters. The lowest BCUT2D eigenvalue weighted by Gasteiger charge is -2.53. The van der Waals surface area contributed by atoms with Crippen molar-refractivity contribution in [1.29, 1.82) is 0 Å². The highest BCUT2D eigenvalue weighted by Gasteiger charge is 2.81. The zero-order valence-electron chi connectivity index (χ0n) is 17.7. The summed E-state index contributed by atoms with van der Waals surface area (Å²) >= 11 is 0. The largest absolute Gasteiger partial charge is 0.504 e. The number of aryl methyl sites for hydroxylation is 1. The highest BCUT2D eigenvalue weighted by Crippen LogP contribution is 2.70. The number of fused-ring (bicyclic) bond motifs is 3. The molecule has 2 saturated heterocycles. The molecule has 6 aliphatic rings. The van der Waals surface area contributed by atoms with E-state index < -0.39 is 23.2 Å². The predicted octanol–water partition coefficient (Wildman–Crippen LogP) is 1.61. The summed E-state index contributed by atoms with van der Waals surface area (Å²) in [5.74, 6) is 0.976. The number of carbonyl (C=O) groups excluding carboxylic acids is 2. The van der Waals surface area contributed by atoms with Crippen molar-refractivity contribution < 1.29 is 24.5 Å². The number of rotatable bonds is 3. The lowest BCUT2D eigenvalue weighted by atomic mass is 9.57. The smallest absolute Gasteiger partial charge is 0.230 e. The molecule has 0 aromatic heterocycles. The molecule has 1 aromatic carbocycles. The molecule has 7 heteroatoms. The number of phenols is 1. The maximum absolute atomic E-state index is 12.6. The molecule has 2 amide bonds. The molecule has 0 bridgehead atoms. The standard InChI is InChI=1S/C24H28N2O5/c1-12-2-5-16(27)20-19(12)23-10-15-21(25(15)11-13-3-4-13)24(23,30)9-8-14(22(23)31-20)26-17(28)6-7-18(26)29/h2,5,13-15,21-22,27,30H,3-4,6-11H2,1H3/t14-,15?,21-,22+,23+,24-,25?/m1/s1. The summed E-state index contributed by atoms with van der Waals surface area (Å²) in [4.78, 5) is 29.1. The van der Waals surface area contributed by atoms with Crippen molar-refractivity contribution in [2.75, 3.05) is 6.54 Å². The lowest BCUT2D eigenvalue weighted by molar-refractivity contribution is -0.158. The molecule has 3 heterocycles. The Balaban J connectivity index is 1.36. The van der Waals surface area contributed by atoms with Crippen molar-refractivity contribution in [3.8, 4) is 11.5 Å². The van der Waals surface area contributed by atoms with Gasteiger partial charge in [-0.15, -0.1) is 0 Å². The van der Waals surface area contributed by atoms with Crippen molar-refractivity contribution in [2.45, 2.75) is 87.1 Å². The fraction of sp³-hybridized carbons (Fsp3) is 0.667. The number of piperidine rings is 1. The summed E-state index contributed by atoms with van der Waals surface area (Å²) in [7, 11) is 0. The van der Waals surface area contributed by atoms with E-state index in [4.69, 9.17) is 4.74 Å². The van der Waals surface area contributed by atoms with E-state index in [1.165, 1.54) is 17.7 Å². The number of ether oxygens (including phenoxy) is 1. The quantitative estimate of drug-likeness (QED) is 0.566. The molecule has 164 valence electrons. The molecule has 7 rings (SSSR count). The van der Waals surface area contributed by atoms with Crippen LogP contribution in [0.15, 0.2) is 12.1 Å². The average molecular weight is 424 g/mol. The van der Waals surface area contributed by atoms with Gasteiger partial charge in [0.25, 0.3) is 0 Å². The SMILES string of the molecule is Cc1ccc(O)c2c1[C@]13CC4[C@@H](N4CC4CC4)[C@]1(O)CC[C@@H](N1C(=O)CCC1=O)[C@@H]3O2. The van der Waals surface area contributed by atoms with E-state index >= 15 is 0 Å². The van der Waals surface area contributed by atoms with Crippen molar-refractivity contribution in [2.24, 2.45) is 5.92 Å². The molecule has 31 heavy (non-hydrogen) atoms. The lowest BCUT2D eigenvalue weighted by Crippen LogP contribution is -2.68. The maximum Gasteiger partial charge on any atom is 0.230 e. The summed E-state index contributed by atoms with van der Waals surface area (Å²) < 4.78 is 6.44. The second kappa shape index (κ2) is 5.62. The minimum absolute atomic E-state index is 0.0694. The topological polar surface area (TPSA) is 90.1 Å². The van der Waals surface area contributed by atoms with Gasteiger partial charge in [0.05, 0.1) is 23.1 Å². The van der Waals surface area contributed by atoms with Gasteiger partial charge >= 0.3 is 0 Å². The first-order valence-electron chi connectivity index (χ1n) is 11.7. The number of nitrogens with zero attached hydrogens (tertiary/aromatic N) is 2. The van der Waals surface area contributed by atoms with Gasteiger partial charge in [-0.3, -0.25) is 19.4 Å². The van der Waals surface area contributed by atoms with Gasteiger partial charge in [-0.1, -0.05) is 6.07 Å². The number of benzene rings is 1. The number of aromatic hydroxyl groups is 1. The number of hydrogen-bond acceptors (Lipinski definition) is 6. The van der Waals surface area contributed by atoms with Crippen molar-refractivity contribution in [3.05, 3.63) is 23.3 Å². The molecule has 5 fully saturated rings. The van der Waals surface area contributed by atoms with Gasteiger partial charge in [0.1, 0.15) is 6.10 Å². The van der Waals surface area contributed by atoms with Crippen molar-refractivity contribution in [3.63, 3.8) is 0 Å². The van der Waals surface area contributed by atoms with Crippen LogP contribution in [0, 0.1) is 12.8 Å². The van der Waals surface area contributed by atoms with Crippen LogP contribution in [0.5, 0.6) is 11.5 Å². The van der Waals surface area contributed by atoms with Gasteiger partial charge in [0.15, 0.2) is 11.5 Å². The van der Waals surface area contributed by atoms with Crippen LogP contribution in [0.4, 0.5) is 0 Å². The third-order valence-electron chi connectivity index (χ3n) is 9.13. The van der Waals surface area contributed by atoms with Crippen LogP contribution < -0.4 is 4.74 Å². The fourth-order valence-corrected chi connectivity index (χ4v) is 7.69.